The molecule has 9 heteroatoms. The monoisotopic (exact) mass is 341 g/mol. The fourth-order valence-electron chi connectivity index (χ4n) is 2.96. The third-order valence-corrected chi connectivity index (χ3v) is 4.22. The van der Waals surface area contributed by atoms with Crippen LogP contribution in [0.3, 0.4) is 0 Å². The average Bonchev–Trinajstić information content (AvgIpc) is 2.54. The van der Waals surface area contributed by atoms with Crippen LogP contribution in [-0.2, 0) is 0 Å². The van der Waals surface area contributed by atoms with Crippen LogP contribution in [-0.4, -0.2) is 27.2 Å². The van der Waals surface area contributed by atoms with Gasteiger partial charge in [-0.15, -0.1) is 0 Å². The first kappa shape index (κ1) is 16.4. The van der Waals surface area contributed by atoms with E-state index in [2.05, 4.69) is 9.97 Å². The molecule has 0 radical (unpaired) electrons. The molecule has 3 rings (SSSR count). The van der Waals surface area contributed by atoms with Crippen molar-refractivity contribution in [1.29, 1.82) is 0 Å². The van der Waals surface area contributed by atoms with Crippen LogP contribution in [0.2, 0.25) is 0 Å². The van der Waals surface area contributed by atoms with Crippen molar-refractivity contribution in [3.8, 4) is 5.88 Å². The van der Waals surface area contributed by atoms with Gasteiger partial charge >= 0.3 is 6.18 Å². The maximum atomic E-state index is 12.7. The van der Waals surface area contributed by atoms with Crippen LogP contribution in [0.5, 0.6) is 5.88 Å². The van der Waals surface area contributed by atoms with E-state index in [1.165, 1.54) is 12.1 Å². The molecular formula is C15H14F3N3O3. The largest absolute Gasteiger partial charge is 0.474 e. The lowest BCUT2D eigenvalue weighted by molar-refractivity contribution is -0.383. The molecule has 0 N–H and O–H groups in total. The van der Waals surface area contributed by atoms with Gasteiger partial charge in [-0.3, -0.25) is 10.1 Å². The van der Waals surface area contributed by atoms with E-state index in [1.807, 2.05) is 0 Å². The molecule has 2 aromatic rings. The molecule has 0 amide bonds. The van der Waals surface area contributed by atoms with Gasteiger partial charge in [0.05, 0.1) is 16.2 Å². The number of fused-ring (bicyclic) bond motifs is 1. The second-order valence-electron chi connectivity index (χ2n) is 5.74. The van der Waals surface area contributed by atoms with Crippen molar-refractivity contribution in [3.05, 3.63) is 34.6 Å². The number of benzene rings is 1. The Labute approximate surface area is 134 Å². The van der Waals surface area contributed by atoms with Crippen LogP contribution in [0.25, 0.3) is 10.9 Å². The van der Waals surface area contributed by atoms with E-state index in [4.69, 9.17) is 4.74 Å². The molecule has 1 aromatic heterocycles. The summed E-state index contributed by atoms with van der Waals surface area (Å²) in [6.45, 7) is 0. The standard InChI is InChI=1S/C15H14F3N3O3/c16-15(17,18)9-4-6-10(7-5-9)24-14-11-2-1-3-12(21(22)23)13(11)19-8-20-14/h1-3,8-10H,4-7H2/t9-,10-. The van der Waals surface area contributed by atoms with Gasteiger partial charge in [0, 0.05) is 6.07 Å². The van der Waals surface area contributed by atoms with E-state index in [1.54, 1.807) is 6.07 Å². The molecule has 1 saturated carbocycles. The Balaban J connectivity index is 1.80. The third kappa shape index (κ3) is 3.24. The molecule has 0 bridgehead atoms. The number of aromatic nitrogens is 2. The number of rotatable bonds is 3. The Bertz CT molecular complexity index is 758. The zero-order valence-electron chi connectivity index (χ0n) is 12.5. The lowest BCUT2D eigenvalue weighted by Gasteiger charge is -2.29. The van der Waals surface area contributed by atoms with Gasteiger partial charge in [0.2, 0.25) is 5.88 Å². The Kier molecular flexibility index (Phi) is 4.25. The van der Waals surface area contributed by atoms with Gasteiger partial charge < -0.3 is 4.74 Å². The second kappa shape index (κ2) is 6.21. The number of nitro groups is 1. The SMILES string of the molecule is O=[N+]([O-])c1cccc2c(O[C@H]3CC[C@H](C(F)(F)F)CC3)ncnc12. The quantitative estimate of drug-likeness (QED) is 0.622. The summed E-state index contributed by atoms with van der Waals surface area (Å²) in [5, 5.41) is 11.4. The minimum Gasteiger partial charge on any atom is -0.474 e. The Morgan fingerprint density at radius 1 is 1.17 bits per heavy atom. The van der Waals surface area contributed by atoms with Crippen molar-refractivity contribution in [2.45, 2.75) is 38.0 Å². The van der Waals surface area contributed by atoms with Crippen molar-refractivity contribution in [3.63, 3.8) is 0 Å². The van der Waals surface area contributed by atoms with Crippen molar-refractivity contribution in [2.75, 3.05) is 0 Å². The number of para-hydroxylation sites is 1. The van der Waals surface area contributed by atoms with Gasteiger partial charge in [-0.25, -0.2) is 9.97 Å². The van der Waals surface area contributed by atoms with Crippen LogP contribution in [0.4, 0.5) is 18.9 Å². The molecule has 128 valence electrons. The Morgan fingerprint density at radius 2 is 1.88 bits per heavy atom. The van der Waals surface area contributed by atoms with Crippen LogP contribution in [0.15, 0.2) is 24.5 Å². The van der Waals surface area contributed by atoms with Gasteiger partial charge in [-0.05, 0) is 31.7 Å². The molecule has 0 unspecified atom stereocenters. The number of hydrogen-bond donors (Lipinski definition) is 0. The van der Waals surface area contributed by atoms with Crippen LogP contribution in [0, 0.1) is 16.0 Å². The average molecular weight is 341 g/mol. The Hall–Kier alpha value is -2.45. The fourth-order valence-corrected chi connectivity index (χ4v) is 2.96. The van der Waals surface area contributed by atoms with E-state index in [0.717, 1.165) is 6.33 Å². The summed E-state index contributed by atoms with van der Waals surface area (Å²) in [6.07, 6.45) is -2.84. The van der Waals surface area contributed by atoms with Crippen molar-refractivity contribution in [1.82, 2.24) is 9.97 Å². The highest BCUT2D eigenvalue weighted by molar-refractivity contribution is 5.90. The zero-order chi connectivity index (χ0) is 17.3. The van der Waals surface area contributed by atoms with Crippen LogP contribution < -0.4 is 4.74 Å². The molecular weight excluding hydrogens is 327 g/mol. The molecule has 1 aliphatic rings. The molecule has 0 spiro atoms. The molecule has 1 aliphatic carbocycles. The lowest BCUT2D eigenvalue weighted by Crippen LogP contribution is -2.32. The minimum absolute atomic E-state index is 0.0112. The molecule has 1 heterocycles. The third-order valence-electron chi connectivity index (χ3n) is 4.22. The van der Waals surface area contributed by atoms with E-state index >= 15 is 0 Å². The molecule has 0 saturated heterocycles. The first-order valence-electron chi connectivity index (χ1n) is 7.47. The maximum Gasteiger partial charge on any atom is 0.391 e. The van der Waals surface area contributed by atoms with Gasteiger partial charge in [-0.2, -0.15) is 13.2 Å². The van der Waals surface area contributed by atoms with E-state index < -0.39 is 17.0 Å². The predicted molar refractivity (Wildman–Crippen MR) is 78.6 cm³/mol. The highest BCUT2D eigenvalue weighted by Crippen LogP contribution is 2.39. The van der Waals surface area contributed by atoms with Gasteiger partial charge in [-0.1, -0.05) is 6.07 Å². The number of nitro benzene ring substituents is 1. The number of halogens is 3. The van der Waals surface area contributed by atoms with E-state index in [9.17, 15) is 23.3 Å². The van der Waals surface area contributed by atoms with Crippen molar-refractivity contribution < 1.29 is 22.8 Å². The summed E-state index contributed by atoms with van der Waals surface area (Å²) in [5.74, 6) is -1.13. The zero-order valence-corrected chi connectivity index (χ0v) is 12.5. The van der Waals surface area contributed by atoms with Crippen molar-refractivity contribution >= 4 is 16.6 Å². The first-order valence-corrected chi connectivity index (χ1v) is 7.47. The van der Waals surface area contributed by atoms with Gasteiger partial charge in [0.25, 0.3) is 5.69 Å². The molecule has 1 aromatic carbocycles. The number of hydrogen-bond acceptors (Lipinski definition) is 5. The van der Waals surface area contributed by atoms with Crippen LogP contribution in [0.1, 0.15) is 25.7 Å². The molecule has 6 nitrogen and oxygen atoms in total. The fraction of sp³-hybridized carbons (Fsp3) is 0.467. The number of nitrogens with zero attached hydrogens (tertiary/aromatic N) is 3. The maximum absolute atomic E-state index is 12.7. The predicted octanol–water partition coefficient (Wildman–Crippen LogP) is 4.04. The van der Waals surface area contributed by atoms with Crippen LogP contribution >= 0.6 is 0 Å². The van der Waals surface area contributed by atoms with Gasteiger partial charge in [0.1, 0.15) is 12.4 Å². The molecule has 24 heavy (non-hydrogen) atoms. The Morgan fingerprint density at radius 3 is 2.50 bits per heavy atom. The normalized spacial score (nSPS) is 21.6. The van der Waals surface area contributed by atoms with E-state index in [-0.39, 0.29) is 48.9 Å². The molecule has 1 fully saturated rings. The summed E-state index contributed by atoms with van der Waals surface area (Å²) in [7, 11) is 0. The minimum atomic E-state index is -4.17. The summed E-state index contributed by atoms with van der Waals surface area (Å²) >= 11 is 0. The summed E-state index contributed by atoms with van der Waals surface area (Å²) in [6, 6.07) is 4.42. The number of alkyl halides is 3. The number of non-ortho nitro benzene ring substituents is 1. The van der Waals surface area contributed by atoms with Crippen molar-refractivity contribution in [2.24, 2.45) is 5.92 Å². The second-order valence-corrected chi connectivity index (χ2v) is 5.74. The van der Waals surface area contributed by atoms with E-state index in [0.29, 0.717) is 5.39 Å². The molecule has 0 atom stereocenters. The topological polar surface area (TPSA) is 78.2 Å². The lowest BCUT2D eigenvalue weighted by atomic mass is 9.87. The first-order chi connectivity index (χ1) is 11.4. The number of ether oxygens (including phenoxy) is 1. The summed E-state index contributed by atoms with van der Waals surface area (Å²) in [5.41, 5.74) is -0.0167. The summed E-state index contributed by atoms with van der Waals surface area (Å²) in [4.78, 5) is 18.4. The smallest absolute Gasteiger partial charge is 0.391 e. The van der Waals surface area contributed by atoms with Gasteiger partial charge in [0.15, 0.2) is 5.52 Å². The molecule has 0 aliphatic heterocycles. The summed E-state index contributed by atoms with van der Waals surface area (Å²) < 4.78 is 43.8. The highest BCUT2D eigenvalue weighted by atomic mass is 19.4. The highest BCUT2D eigenvalue weighted by Gasteiger charge is 2.41.